The molecule has 176 valence electrons. The number of hydrogen-bond acceptors (Lipinski definition) is 4. The van der Waals surface area contributed by atoms with Gasteiger partial charge in [0.25, 0.3) is 0 Å². The highest BCUT2D eigenvalue weighted by molar-refractivity contribution is 5.82. The number of hydrogen-bond donors (Lipinski definition) is 1. The normalized spacial score (nSPS) is 18.0. The maximum Gasteiger partial charge on any atom is 0.239 e. The van der Waals surface area contributed by atoms with Gasteiger partial charge in [0, 0.05) is 31.4 Å². The Bertz CT molecular complexity index is 679. The van der Waals surface area contributed by atoms with Gasteiger partial charge in [-0.2, -0.15) is 0 Å². The van der Waals surface area contributed by atoms with Gasteiger partial charge in [-0.15, -0.1) is 0 Å². The number of ether oxygens (including phenoxy) is 1. The second kappa shape index (κ2) is 11.2. The molecular formula is C26H45N3O2. The molecule has 1 aromatic carbocycles. The van der Waals surface area contributed by atoms with Crippen LogP contribution in [-0.2, 0) is 4.79 Å². The maximum absolute atomic E-state index is 12.8. The molecule has 2 rings (SSSR count). The molecule has 5 nitrogen and oxygen atoms in total. The second-order valence-corrected chi connectivity index (χ2v) is 11.2. The van der Waals surface area contributed by atoms with E-state index in [2.05, 4.69) is 77.6 Å². The molecule has 31 heavy (non-hydrogen) atoms. The third-order valence-electron chi connectivity index (χ3n) is 5.75. The number of rotatable bonds is 10. The summed E-state index contributed by atoms with van der Waals surface area (Å²) >= 11 is 0. The highest BCUT2D eigenvalue weighted by Crippen LogP contribution is 2.27. The van der Waals surface area contributed by atoms with E-state index in [0.29, 0.717) is 24.5 Å². The molecule has 1 amide bonds. The molecule has 2 atom stereocenters. The molecule has 0 radical (unpaired) electrons. The summed E-state index contributed by atoms with van der Waals surface area (Å²) in [4.78, 5) is 17.3. The Balaban J connectivity index is 2.07. The van der Waals surface area contributed by atoms with Gasteiger partial charge < -0.3 is 20.3 Å². The van der Waals surface area contributed by atoms with Crippen LogP contribution in [0.2, 0.25) is 0 Å². The Morgan fingerprint density at radius 1 is 1.16 bits per heavy atom. The molecule has 1 heterocycles. The third kappa shape index (κ3) is 8.36. The molecule has 2 unspecified atom stereocenters. The lowest BCUT2D eigenvalue weighted by Gasteiger charge is -2.32. The van der Waals surface area contributed by atoms with Crippen molar-refractivity contribution in [1.82, 2.24) is 4.90 Å². The summed E-state index contributed by atoms with van der Waals surface area (Å²) in [6.45, 7) is 18.5. The van der Waals surface area contributed by atoms with E-state index in [9.17, 15) is 4.79 Å². The molecule has 0 aromatic heterocycles. The third-order valence-corrected chi connectivity index (χ3v) is 5.75. The summed E-state index contributed by atoms with van der Waals surface area (Å²) in [6, 6.07) is 8.40. The largest absolute Gasteiger partial charge is 0.493 e. The predicted molar refractivity (Wildman–Crippen MR) is 131 cm³/mol. The summed E-state index contributed by atoms with van der Waals surface area (Å²) in [5.74, 6) is 2.07. The van der Waals surface area contributed by atoms with Crippen LogP contribution in [0, 0.1) is 17.3 Å². The molecule has 0 bridgehead atoms. The summed E-state index contributed by atoms with van der Waals surface area (Å²) in [5, 5.41) is 0. The van der Waals surface area contributed by atoms with Crippen LogP contribution >= 0.6 is 0 Å². The first-order valence-electron chi connectivity index (χ1n) is 12.0. The zero-order valence-electron chi connectivity index (χ0n) is 20.9. The molecule has 1 fully saturated rings. The van der Waals surface area contributed by atoms with Gasteiger partial charge in [-0.1, -0.05) is 48.5 Å². The molecule has 0 aliphatic carbocycles. The van der Waals surface area contributed by atoms with Crippen molar-refractivity contribution < 1.29 is 9.53 Å². The number of amides is 1. The van der Waals surface area contributed by atoms with Crippen molar-refractivity contribution in [3.63, 3.8) is 0 Å². The fourth-order valence-electron chi connectivity index (χ4n) is 3.99. The van der Waals surface area contributed by atoms with Crippen LogP contribution in [0.5, 0.6) is 5.75 Å². The second-order valence-electron chi connectivity index (χ2n) is 11.2. The van der Waals surface area contributed by atoms with Crippen molar-refractivity contribution in [3.8, 4) is 5.75 Å². The van der Waals surface area contributed by atoms with Gasteiger partial charge in [0.05, 0.1) is 12.6 Å². The fraction of sp³-hybridized carbons (Fsp3) is 0.731. The van der Waals surface area contributed by atoms with Gasteiger partial charge in [0.1, 0.15) is 5.75 Å². The summed E-state index contributed by atoms with van der Waals surface area (Å²) in [6.07, 6.45) is 2.85. The Labute approximate surface area is 190 Å². The van der Waals surface area contributed by atoms with Crippen molar-refractivity contribution in [2.75, 3.05) is 31.1 Å². The van der Waals surface area contributed by atoms with Crippen molar-refractivity contribution in [2.24, 2.45) is 23.0 Å². The summed E-state index contributed by atoms with van der Waals surface area (Å²) < 4.78 is 5.95. The topological polar surface area (TPSA) is 58.8 Å². The standard InChI is InChI=1S/C26H45N3O2/c1-19(2)12-15-29(21-8-10-23(11-9-21)31-18-26(5,6)7)22-13-14-28(17-22)25(30)24(27)16-20(3)4/h8-11,19-20,22,24H,12-18,27H2,1-7H3. The van der Waals surface area contributed by atoms with Crippen LogP contribution in [0.15, 0.2) is 24.3 Å². The molecule has 0 saturated carbocycles. The van der Waals surface area contributed by atoms with Crippen LogP contribution in [0.1, 0.15) is 67.7 Å². The lowest BCUT2D eigenvalue weighted by Crippen LogP contribution is -2.45. The summed E-state index contributed by atoms with van der Waals surface area (Å²) in [7, 11) is 0. The number of nitrogens with two attached hydrogens (primary N) is 1. The fourth-order valence-corrected chi connectivity index (χ4v) is 3.99. The minimum atomic E-state index is -0.387. The monoisotopic (exact) mass is 431 g/mol. The average molecular weight is 432 g/mol. The summed E-state index contributed by atoms with van der Waals surface area (Å²) in [5.41, 5.74) is 7.53. The SMILES string of the molecule is CC(C)CCN(c1ccc(OCC(C)(C)C)cc1)C1CCN(C(=O)C(N)CC(C)C)C1. The van der Waals surface area contributed by atoms with E-state index in [1.807, 2.05) is 4.90 Å². The van der Waals surface area contributed by atoms with Crippen molar-refractivity contribution in [1.29, 1.82) is 0 Å². The number of anilines is 1. The number of carbonyl (C=O) groups excluding carboxylic acids is 1. The van der Waals surface area contributed by atoms with E-state index in [-0.39, 0.29) is 17.4 Å². The van der Waals surface area contributed by atoms with E-state index in [0.717, 1.165) is 44.6 Å². The van der Waals surface area contributed by atoms with Crippen LogP contribution < -0.4 is 15.4 Å². The molecular weight excluding hydrogens is 386 g/mol. The van der Waals surface area contributed by atoms with Gasteiger partial charge in [0.2, 0.25) is 5.91 Å². The van der Waals surface area contributed by atoms with Crippen LogP contribution in [0.25, 0.3) is 0 Å². The first-order chi connectivity index (χ1) is 14.5. The minimum Gasteiger partial charge on any atom is -0.493 e. The zero-order valence-corrected chi connectivity index (χ0v) is 20.9. The van der Waals surface area contributed by atoms with E-state index in [1.165, 1.54) is 5.69 Å². The van der Waals surface area contributed by atoms with Gasteiger partial charge >= 0.3 is 0 Å². The number of carbonyl (C=O) groups is 1. The Morgan fingerprint density at radius 2 is 1.81 bits per heavy atom. The quantitative estimate of drug-likeness (QED) is 0.570. The average Bonchev–Trinajstić information content (AvgIpc) is 3.15. The number of nitrogens with zero attached hydrogens (tertiary/aromatic N) is 2. The first-order valence-corrected chi connectivity index (χ1v) is 12.0. The molecule has 1 aromatic rings. The molecule has 1 aliphatic heterocycles. The smallest absolute Gasteiger partial charge is 0.239 e. The lowest BCUT2D eigenvalue weighted by molar-refractivity contribution is -0.131. The van der Waals surface area contributed by atoms with Crippen LogP contribution in [0.3, 0.4) is 0 Å². The highest BCUT2D eigenvalue weighted by Gasteiger charge is 2.32. The molecule has 1 saturated heterocycles. The Kier molecular flexibility index (Phi) is 9.23. The zero-order chi connectivity index (χ0) is 23.2. The van der Waals surface area contributed by atoms with Crippen LogP contribution in [0.4, 0.5) is 5.69 Å². The predicted octanol–water partition coefficient (Wildman–Crippen LogP) is 4.94. The number of benzene rings is 1. The highest BCUT2D eigenvalue weighted by atomic mass is 16.5. The van der Waals surface area contributed by atoms with E-state index in [4.69, 9.17) is 10.5 Å². The van der Waals surface area contributed by atoms with E-state index in [1.54, 1.807) is 0 Å². The van der Waals surface area contributed by atoms with Gasteiger partial charge in [-0.3, -0.25) is 4.79 Å². The van der Waals surface area contributed by atoms with Crippen molar-refractivity contribution in [3.05, 3.63) is 24.3 Å². The Morgan fingerprint density at radius 3 is 2.35 bits per heavy atom. The molecule has 0 spiro atoms. The van der Waals surface area contributed by atoms with Gasteiger partial charge in [-0.05, 0) is 60.8 Å². The minimum absolute atomic E-state index is 0.103. The van der Waals surface area contributed by atoms with Crippen molar-refractivity contribution >= 4 is 11.6 Å². The van der Waals surface area contributed by atoms with Crippen molar-refractivity contribution in [2.45, 2.75) is 79.8 Å². The molecule has 2 N–H and O–H groups in total. The first kappa shape index (κ1) is 25.5. The molecule has 5 heteroatoms. The lowest BCUT2D eigenvalue weighted by atomic mass is 9.99. The maximum atomic E-state index is 12.8. The van der Waals surface area contributed by atoms with Gasteiger partial charge in [-0.25, -0.2) is 0 Å². The molecule has 1 aliphatic rings. The number of likely N-dealkylation sites (tertiary alicyclic amines) is 1. The Hall–Kier alpha value is -1.75. The van der Waals surface area contributed by atoms with E-state index < -0.39 is 0 Å². The van der Waals surface area contributed by atoms with Gasteiger partial charge in [0.15, 0.2) is 0 Å². The van der Waals surface area contributed by atoms with Crippen LogP contribution in [-0.4, -0.2) is 49.1 Å². The van der Waals surface area contributed by atoms with E-state index >= 15 is 0 Å².